The number of carboxylic acid groups (broad SMARTS) is 1. The molecule has 0 aliphatic rings. The third-order valence-electron chi connectivity index (χ3n) is 2.23. The first-order valence-corrected chi connectivity index (χ1v) is 5.89. The van der Waals surface area contributed by atoms with Gasteiger partial charge < -0.3 is 15.2 Å². The van der Waals surface area contributed by atoms with Gasteiger partial charge in [0.1, 0.15) is 6.61 Å². The van der Waals surface area contributed by atoms with Crippen molar-refractivity contribution in [3.63, 3.8) is 0 Å². The number of aliphatic carboxylic acids is 1. The Hall–Kier alpha value is -1.84. The minimum atomic E-state index is -4.44. The average molecular weight is 314 g/mol. The molecule has 0 atom stereocenters. The van der Waals surface area contributed by atoms with Crippen molar-refractivity contribution in [2.75, 3.05) is 19.8 Å². The van der Waals surface area contributed by atoms with Crippen molar-refractivity contribution in [1.82, 2.24) is 10.6 Å². The molecular weight excluding hydrogens is 297 g/mol. The zero-order valence-corrected chi connectivity index (χ0v) is 11.5. The highest BCUT2D eigenvalue weighted by atomic mass is 19.4. The summed E-state index contributed by atoms with van der Waals surface area (Å²) < 4.78 is 39.4. The number of rotatable bonds is 7. The molecule has 0 aromatic rings. The Labute approximate surface area is 118 Å². The molecule has 122 valence electrons. The van der Waals surface area contributed by atoms with E-state index in [1.54, 1.807) is 0 Å². The number of hydrogen-bond donors (Lipinski definition) is 3. The average Bonchev–Trinajstić information content (AvgIpc) is 2.25. The van der Waals surface area contributed by atoms with E-state index in [0.29, 0.717) is 0 Å². The van der Waals surface area contributed by atoms with Crippen LogP contribution in [0, 0.1) is 5.41 Å². The molecule has 0 radical (unpaired) electrons. The molecule has 0 saturated carbocycles. The van der Waals surface area contributed by atoms with Gasteiger partial charge >= 0.3 is 18.2 Å². The molecule has 3 N–H and O–H groups in total. The number of carboxylic acids is 1. The minimum absolute atomic E-state index is 0.225. The number of imide groups is 1. The van der Waals surface area contributed by atoms with Gasteiger partial charge in [0.25, 0.3) is 0 Å². The van der Waals surface area contributed by atoms with E-state index in [0.717, 1.165) is 0 Å². The third-order valence-corrected chi connectivity index (χ3v) is 2.23. The van der Waals surface area contributed by atoms with Crippen LogP contribution in [0.2, 0.25) is 0 Å². The van der Waals surface area contributed by atoms with Crippen LogP contribution in [0.4, 0.5) is 18.0 Å². The van der Waals surface area contributed by atoms with Gasteiger partial charge in [0.15, 0.2) is 0 Å². The third kappa shape index (κ3) is 9.66. The van der Waals surface area contributed by atoms with Gasteiger partial charge in [-0.05, 0) is 13.8 Å². The molecule has 7 nitrogen and oxygen atoms in total. The number of hydrogen-bond acceptors (Lipinski definition) is 4. The summed E-state index contributed by atoms with van der Waals surface area (Å²) in [5, 5.41) is 12.8. The molecule has 0 rings (SSSR count). The predicted octanol–water partition coefficient (Wildman–Crippen LogP) is 0.892. The van der Waals surface area contributed by atoms with Gasteiger partial charge in [0.2, 0.25) is 5.91 Å². The van der Waals surface area contributed by atoms with E-state index in [4.69, 9.17) is 5.11 Å². The topological polar surface area (TPSA) is 105 Å². The Morgan fingerprint density at radius 1 is 1.19 bits per heavy atom. The molecule has 21 heavy (non-hydrogen) atoms. The van der Waals surface area contributed by atoms with Crippen molar-refractivity contribution in [3.05, 3.63) is 0 Å². The van der Waals surface area contributed by atoms with Crippen LogP contribution in [0.25, 0.3) is 0 Å². The van der Waals surface area contributed by atoms with Crippen molar-refractivity contribution < 1.29 is 37.4 Å². The Balaban J connectivity index is 3.90. The summed E-state index contributed by atoms with van der Waals surface area (Å²) in [5.74, 6) is -2.00. The second-order valence-corrected chi connectivity index (χ2v) is 4.84. The quantitative estimate of drug-likeness (QED) is 0.605. The molecule has 0 aromatic heterocycles. The van der Waals surface area contributed by atoms with Crippen molar-refractivity contribution in [2.24, 2.45) is 5.41 Å². The monoisotopic (exact) mass is 314 g/mol. The van der Waals surface area contributed by atoms with Gasteiger partial charge in [-0.3, -0.25) is 14.9 Å². The fourth-order valence-corrected chi connectivity index (χ4v) is 1.12. The standard InChI is InChI=1S/C11H17F3N2O5/c1-10(2,8(18)19)5-7(17)16-9(20)15-3-4-21-6-11(12,13)14/h3-6H2,1-2H3,(H,18,19)(H2,15,16,17,20). The van der Waals surface area contributed by atoms with E-state index in [9.17, 15) is 27.6 Å². The van der Waals surface area contributed by atoms with Crippen LogP contribution >= 0.6 is 0 Å². The second kappa shape index (κ2) is 7.81. The number of urea groups is 1. The minimum Gasteiger partial charge on any atom is -0.481 e. The summed E-state index contributed by atoms with van der Waals surface area (Å²) >= 11 is 0. The fraction of sp³-hybridized carbons (Fsp3) is 0.727. The van der Waals surface area contributed by atoms with Gasteiger partial charge in [-0.15, -0.1) is 0 Å². The zero-order chi connectivity index (χ0) is 16.7. The number of ether oxygens (including phenoxy) is 1. The molecule has 10 heteroatoms. The molecule has 3 amide bonds. The van der Waals surface area contributed by atoms with E-state index in [2.05, 4.69) is 10.1 Å². The molecule has 0 aliphatic carbocycles. The van der Waals surface area contributed by atoms with E-state index in [-0.39, 0.29) is 13.2 Å². The fourth-order valence-electron chi connectivity index (χ4n) is 1.12. The van der Waals surface area contributed by atoms with Gasteiger partial charge in [-0.25, -0.2) is 4.79 Å². The largest absolute Gasteiger partial charge is 0.481 e. The molecule has 0 aromatic carbocycles. The van der Waals surface area contributed by atoms with Crippen molar-refractivity contribution in [1.29, 1.82) is 0 Å². The predicted molar refractivity (Wildman–Crippen MR) is 64.4 cm³/mol. The normalized spacial score (nSPS) is 11.9. The number of alkyl halides is 3. The van der Waals surface area contributed by atoms with Crippen molar-refractivity contribution >= 4 is 17.9 Å². The maximum atomic E-state index is 11.7. The summed E-state index contributed by atoms with van der Waals surface area (Å²) in [6.07, 6.45) is -4.86. The van der Waals surface area contributed by atoms with E-state index < -0.39 is 42.5 Å². The van der Waals surface area contributed by atoms with Gasteiger partial charge in [-0.1, -0.05) is 0 Å². The summed E-state index contributed by atoms with van der Waals surface area (Å²) in [7, 11) is 0. The Morgan fingerprint density at radius 3 is 2.24 bits per heavy atom. The highest BCUT2D eigenvalue weighted by Gasteiger charge is 2.30. The lowest BCUT2D eigenvalue weighted by Crippen LogP contribution is -2.43. The summed E-state index contributed by atoms with van der Waals surface area (Å²) in [6.45, 7) is 0.608. The highest BCUT2D eigenvalue weighted by Crippen LogP contribution is 2.19. The molecule has 0 bridgehead atoms. The summed E-state index contributed by atoms with van der Waals surface area (Å²) in [4.78, 5) is 33.4. The number of carbonyl (C=O) groups excluding carboxylic acids is 2. The van der Waals surface area contributed by atoms with E-state index >= 15 is 0 Å². The Kier molecular flexibility index (Phi) is 7.13. The van der Waals surface area contributed by atoms with Crippen LogP contribution in [0.1, 0.15) is 20.3 Å². The van der Waals surface area contributed by atoms with Crippen LogP contribution in [0.5, 0.6) is 0 Å². The molecule has 0 aliphatic heterocycles. The first kappa shape index (κ1) is 19.2. The smallest absolute Gasteiger partial charge is 0.411 e. The molecule has 0 fully saturated rings. The van der Waals surface area contributed by atoms with E-state index in [1.807, 2.05) is 5.32 Å². The highest BCUT2D eigenvalue weighted by molar-refractivity contribution is 5.96. The van der Waals surface area contributed by atoms with Crippen LogP contribution in [-0.2, 0) is 14.3 Å². The maximum Gasteiger partial charge on any atom is 0.411 e. The van der Waals surface area contributed by atoms with Crippen LogP contribution in [0.3, 0.4) is 0 Å². The number of carbonyl (C=O) groups is 3. The first-order valence-electron chi connectivity index (χ1n) is 5.89. The Morgan fingerprint density at radius 2 is 1.76 bits per heavy atom. The maximum absolute atomic E-state index is 11.7. The zero-order valence-electron chi connectivity index (χ0n) is 11.5. The summed E-state index contributed by atoms with van der Waals surface area (Å²) in [6, 6.07) is -0.934. The lowest BCUT2D eigenvalue weighted by Gasteiger charge is -2.17. The van der Waals surface area contributed by atoms with Crippen LogP contribution in [-0.4, -0.2) is 48.9 Å². The first-order chi connectivity index (χ1) is 9.44. The van der Waals surface area contributed by atoms with Gasteiger partial charge in [0.05, 0.1) is 12.0 Å². The number of amides is 3. The molecule has 0 unspecified atom stereocenters. The molecule has 0 saturated heterocycles. The molecular formula is C11H17F3N2O5. The molecule has 0 spiro atoms. The van der Waals surface area contributed by atoms with Gasteiger partial charge in [-0.2, -0.15) is 13.2 Å². The number of halogens is 3. The lowest BCUT2D eigenvalue weighted by atomic mass is 9.89. The van der Waals surface area contributed by atoms with Crippen molar-refractivity contribution in [2.45, 2.75) is 26.4 Å². The van der Waals surface area contributed by atoms with Gasteiger partial charge in [0, 0.05) is 13.0 Å². The second-order valence-electron chi connectivity index (χ2n) is 4.84. The Bertz CT molecular complexity index is 396. The van der Waals surface area contributed by atoms with Crippen LogP contribution < -0.4 is 10.6 Å². The van der Waals surface area contributed by atoms with E-state index in [1.165, 1.54) is 13.8 Å². The summed E-state index contributed by atoms with van der Waals surface area (Å²) in [5.41, 5.74) is -1.33. The van der Waals surface area contributed by atoms with Crippen LogP contribution in [0.15, 0.2) is 0 Å². The number of nitrogens with one attached hydrogen (secondary N) is 2. The van der Waals surface area contributed by atoms with Crippen molar-refractivity contribution in [3.8, 4) is 0 Å². The molecule has 0 heterocycles. The SMILES string of the molecule is CC(C)(CC(=O)NC(=O)NCCOCC(F)(F)F)C(=O)O. The lowest BCUT2D eigenvalue weighted by molar-refractivity contribution is -0.173.